The number of carbonyl (C=O) groups excluding carboxylic acids is 3. The van der Waals surface area contributed by atoms with Gasteiger partial charge in [0.05, 0.1) is 13.3 Å². The van der Waals surface area contributed by atoms with E-state index in [-0.39, 0.29) is 6.61 Å². The number of methoxy groups -OCH3 is 1. The molecule has 24 heavy (non-hydrogen) atoms. The zero-order valence-electron chi connectivity index (χ0n) is 13.5. The monoisotopic (exact) mass is 336 g/mol. The third kappa shape index (κ3) is 6.34. The summed E-state index contributed by atoms with van der Waals surface area (Å²) in [6, 6.07) is 4.79. The fourth-order valence-electron chi connectivity index (χ4n) is 1.57. The second-order valence-corrected chi connectivity index (χ2v) is 4.62. The molecule has 1 rings (SSSR count). The molecule has 0 spiro atoms. The van der Waals surface area contributed by atoms with Crippen LogP contribution in [0.25, 0.3) is 0 Å². The molecule has 0 bridgehead atoms. The van der Waals surface area contributed by atoms with Crippen LogP contribution in [-0.2, 0) is 14.4 Å². The Labute approximate surface area is 139 Å². The molecule has 130 valence electrons. The molecule has 1 aromatic rings. The molecule has 0 saturated carbocycles. The zero-order valence-corrected chi connectivity index (χ0v) is 13.5. The van der Waals surface area contributed by atoms with Crippen molar-refractivity contribution < 1.29 is 23.9 Å². The third-order valence-electron chi connectivity index (χ3n) is 2.68. The summed E-state index contributed by atoms with van der Waals surface area (Å²) in [6.07, 6.45) is 2.07. The SMILES string of the molecule is CCCNC(=O)C(=O)N/N=C\c1ccc(OCC(N)=O)c(OC)c1. The minimum atomic E-state index is -0.854. The first-order chi connectivity index (χ1) is 11.5. The number of nitrogens with one attached hydrogen (secondary N) is 2. The van der Waals surface area contributed by atoms with Gasteiger partial charge in [0.1, 0.15) is 0 Å². The van der Waals surface area contributed by atoms with E-state index in [4.69, 9.17) is 15.2 Å². The first kappa shape index (κ1) is 18.9. The number of primary amides is 1. The Bertz CT molecular complexity index is 630. The lowest BCUT2D eigenvalue weighted by molar-refractivity contribution is -0.139. The molecule has 9 heteroatoms. The lowest BCUT2D eigenvalue weighted by atomic mass is 10.2. The van der Waals surface area contributed by atoms with Crippen molar-refractivity contribution in [1.29, 1.82) is 0 Å². The van der Waals surface area contributed by atoms with Gasteiger partial charge in [-0.25, -0.2) is 5.43 Å². The van der Waals surface area contributed by atoms with Crippen LogP contribution in [0.4, 0.5) is 0 Å². The van der Waals surface area contributed by atoms with E-state index < -0.39 is 17.7 Å². The quantitative estimate of drug-likeness (QED) is 0.335. The minimum Gasteiger partial charge on any atom is -0.493 e. The predicted octanol–water partition coefficient (Wildman–Crippen LogP) is -0.464. The highest BCUT2D eigenvalue weighted by molar-refractivity contribution is 6.35. The van der Waals surface area contributed by atoms with Crippen LogP contribution in [0.2, 0.25) is 0 Å². The fourth-order valence-corrected chi connectivity index (χ4v) is 1.57. The summed E-state index contributed by atoms with van der Waals surface area (Å²) in [5.74, 6) is -1.50. The number of nitrogens with two attached hydrogens (primary N) is 1. The molecule has 0 radical (unpaired) electrons. The molecule has 0 aromatic heterocycles. The Morgan fingerprint density at radius 1 is 1.25 bits per heavy atom. The molecule has 3 amide bonds. The average Bonchev–Trinajstić information content (AvgIpc) is 2.57. The summed E-state index contributed by atoms with van der Waals surface area (Å²) in [7, 11) is 1.44. The number of benzene rings is 1. The van der Waals surface area contributed by atoms with E-state index in [1.165, 1.54) is 13.3 Å². The number of hydrazone groups is 1. The number of carbonyl (C=O) groups is 3. The van der Waals surface area contributed by atoms with Gasteiger partial charge in [0.25, 0.3) is 5.91 Å². The van der Waals surface area contributed by atoms with Gasteiger partial charge in [0.2, 0.25) is 0 Å². The lowest BCUT2D eigenvalue weighted by Crippen LogP contribution is -2.38. The van der Waals surface area contributed by atoms with E-state index in [0.717, 1.165) is 6.42 Å². The fraction of sp³-hybridized carbons (Fsp3) is 0.333. The predicted molar refractivity (Wildman–Crippen MR) is 86.7 cm³/mol. The van der Waals surface area contributed by atoms with Gasteiger partial charge in [-0.05, 0) is 30.2 Å². The van der Waals surface area contributed by atoms with Crippen LogP contribution in [0.15, 0.2) is 23.3 Å². The van der Waals surface area contributed by atoms with Crippen LogP contribution in [0.1, 0.15) is 18.9 Å². The van der Waals surface area contributed by atoms with E-state index in [0.29, 0.717) is 23.6 Å². The number of amides is 3. The molecule has 0 saturated heterocycles. The van der Waals surface area contributed by atoms with Crippen LogP contribution in [0.5, 0.6) is 11.5 Å². The number of rotatable bonds is 8. The standard InChI is InChI=1S/C15H20N4O5/c1-3-6-17-14(21)15(22)19-18-8-10-4-5-11(12(7-10)23-2)24-9-13(16)20/h4-5,7-8H,3,6,9H2,1-2H3,(H2,16,20)(H,17,21)(H,19,22)/b18-8-. The molecule has 0 heterocycles. The van der Waals surface area contributed by atoms with Crippen molar-refractivity contribution in [1.82, 2.24) is 10.7 Å². The molecule has 0 aliphatic carbocycles. The van der Waals surface area contributed by atoms with Crippen LogP contribution >= 0.6 is 0 Å². The Hall–Kier alpha value is -3.10. The Kier molecular flexibility index (Phi) is 7.76. The molecular weight excluding hydrogens is 316 g/mol. The van der Waals surface area contributed by atoms with Gasteiger partial charge in [-0.15, -0.1) is 0 Å². The van der Waals surface area contributed by atoms with E-state index in [2.05, 4.69) is 15.8 Å². The largest absolute Gasteiger partial charge is 0.493 e. The number of nitrogens with zero attached hydrogens (tertiary/aromatic N) is 1. The first-order valence-electron chi connectivity index (χ1n) is 7.18. The summed E-state index contributed by atoms with van der Waals surface area (Å²) >= 11 is 0. The second kappa shape index (κ2) is 9.82. The summed E-state index contributed by atoms with van der Waals surface area (Å²) < 4.78 is 10.3. The first-order valence-corrected chi connectivity index (χ1v) is 7.18. The Morgan fingerprint density at radius 3 is 2.62 bits per heavy atom. The third-order valence-corrected chi connectivity index (χ3v) is 2.68. The Balaban J connectivity index is 2.65. The van der Waals surface area contributed by atoms with E-state index >= 15 is 0 Å². The van der Waals surface area contributed by atoms with Gasteiger partial charge in [-0.3, -0.25) is 14.4 Å². The van der Waals surface area contributed by atoms with Gasteiger partial charge in [-0.1, -0.05) is 6.92 Å². The lowest BCUT2D eigenvalue weighted by Gasteiger charge is -2.09. The van der Waals surface area contributed by atoms with Gasteiger partial charge >= 0.3 is 11.8 Å². The molecule has 9 nitrogen and oxygen atoms in total. The highest BCUT2D eigenvalue weighted by Gasteiger charge is 2.11. The number of hydrogen-bond donors (Lipinski definition) is 3. The smallest absolute Gasteiger partial charge is 0.329 e. The average molecular weight is 336 g/mol. The van der Waals surface area contributed by atoms with Crippen molar-refractivity contribution in [3.63, 3.8) is 0 Å². The van der Waals surface area contributed by atoms with E-state index in [1.54, 1.807) is 18.2 Å². The molecule has 0 unspecified atom stereocenters. The van der Waals surface area contributed by atoms with Gasteiger partial charge < -0.3 is 20.5 Å². The van der Waals surface area contributed by atoms with Crippen molar-refractivity contribution in [3.05, 3.63) is 23.8 Å². The summed E-state index contributed by atoms with van der Waals surface area (Å²) in [5, 5.41) is 6.12. The summed E-state index contributed by atoms with van der Waals surface area (Å²) in [5.41, 5.74) is 7.72. The number of ether oxygens (including phenoxy) is 2. The highest BCUT2D eigenvalue weighted by Crippen LogP contribution is 2.27. The van der Waals surface area contributed by atoms with Crippen molar-refractivity contribution in [2.24, 2.45) is 10.8 Å². The molecule has 0 aliphatic rings. The minimum absolute atomic E-state index is 0.271. The van der Waals surface area contributed by atoms with Gasteiger partial charge in [0, 0.05) is 6.54 Å². The molecule has 4 N–H and O–H groups in total. The van der Waals surface area contributed by atoms with E-state index in [9.17, 15) is 14.4 Å². The molecule has 0 fully saturated rings. The molecular formula is C15H20N4O5. The van der Waals surface area contributed by atoms with Crippen LogP contribution in [0.3, 0.4) is 0 Å². The van der Waals surface area contributed by atoms with Crippen LogP contribution in [-0.4, -0.2) is 44.2 Å². The molecule has 0 aliphatic heterocycles. The normalized spacial score (nSPS) is 10.2. The van der Waals surface area contributed by atoms with Gasteiger partial charge in [0.15, 0.2) is 18.1 Å². The zero-order chi connectivity index (χ0) is 17.9. The molecule has 1 aromatic carbocycles. The van der Waals surface area contributed by atoms with E-state index in [1.807, 2.05) is 6.92 Å². The maximum atomic E-state index is 11.4. The van der Waals surface area contributed by atoms with Crippen LogP contribution < -0.4 is 25.9 Å². The summed E-state index contributed by atoms with van der Waals surface area (Å²) in [6.45, 7) is 2.02. The highest BCUT2D eigenvalue weighted by atomic mass is 16.5. The topological polar surface area (TPSA) is 132 Å². The maximum Gasteiger partial charge on any atom is 0.329 e. The molecule has 0 atom stereocenters. The number of hydrogen-bond acceptors (Lipinski definition) is 6. The maximum absolute atomic E-state index is 11.4. The van der Waals surface area contributed by atoms with Gasteiger partial charge in [-0.2, -0.15) is 5.10 Å². The van der Waals surface area contributed by atoms with Crippen LogP contribution in [0, 0.1) is 0 Å². The second-order valence-electron chi connectivity index (χ2n) is 4.62. The van der Waals surface area contributed by atoms with Crippen molar-refractivity contribution in [3.8, 4) is 11.5 Å². The van der Waals surface area contributed by atoms with Crippen molar-refractivity contribution in [2.45, 2.75) is 13.3 Å². The summed E-state index contributed by atoms with van der Waals surface area (Å²) in [4.78, 5) is 33.5. The van der Waals surface area contributed by atoms with Crippen molar-refractivity contribution in [2.75, 3.05) is 20.3 Å². The Morgan fingerprint density at radius 2 is 2.00 bits per heavy atom. The van der Waals surface area contributed by atoms with Crippen molar-refractivity contribution >= 4 is 23.9 Å².